The lowest BCUT2D eigenvalue weighted by molar-refractivity contribution is -0.161. The number of esters is 1. The van der Waals surface area contributed by atoms with Gasteiger partial charge in [-0.3, -0.25) is 4.79 Å². The van der Waals surface area contributed by atoms with Crippen LogP contribution >= 0.6 is 0 Å². The van der Waals surface area contributed by atoms with Gasteiger partial charge in [0.1, 0.15) is 6.10 Å². The van der Waals surface area contributed by atoms with Crippen LogP contribution in [-0.2, 0) is 9.53 Å². The highest BCUT2D eigenvalue weighted by atomic mass is 16.5. The first-order valence-electron chi connectivity index (χ1n) is 6.16. The molecule has 0 N–H and O–H groups in total. The van der Waals surface area contributed by atoms with Crippen molar-refractivity contribution in [2.45, 2.75) is 65.9 Å². The van der Waals surface area contributed by atoms with E-state index in [9.17, 15) is 4.79 Å². The first-order valence-corrected chi connectivity index (χ1v) is 6.16. The lowest BCUT2D eigenvalue weighted by Crippen LogP contribution is -2.32. The third-order valence-electron chi connectivity index (χ3n) is 3.60. The first kappa shape index (κ1) is 12.5. The van der Waals surface area contributed by atoms with E-state index in [-0.39, 0.29) is 17.5 Å². The molecule has 1 fully saturated rings. The summed E-state index contributed by atoms with van der Waals surface area (Å²) in [5, 5.41) is 0. The summed E-state index contributed by atoms with van der Waals surface area (Å²) in [4.78, 5) is 11.8. The fourth-order valence-corrected chi connectivity index (χ4v) is 1.94. The van der Waals surface area contributed by atoms with Crippen molar-refractivity contribution in [3.05, 3.63) is 0 Å². The molecule has 0 amide bonds. The van der Waals surface area contributed by atoms with E-state index in [0.717, 1.165) is 19.3 Å². The zero-order valence-corrected chi connectivity index (χ0v) is 10.5. The average molecular weight is 212 g/mol. The van der Waals surface area contributed by atoms with Gasteiger partial charge in [0.25, 0.3) is 0 Å². The molecule has 88 valence electrons. The van der Waals surface area contributed by atoms with Crippen LogP contribution in [0.25, 0.3) is 0 Å². The van der Waals surface area contributed by atoms with Crippen molar-refractivity contribution in [3.8, 4) is 0 Å². The topological polar surface area (TPSA) is 26.3 Å². The number of hydrogen-bond acceptors (Lipinski definition) is 2. The number of carbonyl (C=O) groups excluding carboxylic acids is 1. The standard InChI is InChI=1S/C13H24O2/c1-5-13(3,4)12(14)15-11-8-6-7-10(2)9-11/h10-11H,5-9H2,1-4H3. The van der Waals surface area contributed by atoms with E-state index in [1.807, 2.05) is 20.8 Å². The molecule has 0 aromatic carbocycles. The van der Waals surface area contributed by atoms with E-state index in [2.05, 4.69) is 6.92 Å². The maximum atomic E-state index is 11.8. The van der Waals surface area contributed by atoms with Gasteiger partial charge in [-0.15, -0.1) is 0 Å². The fourth-order valence-electron chi connectivity index (χ4n) is 1.94. The molecule has 1 rings (SSSR count). The van der Waals surface area contributed by atoms with E-state index < -0.39 is 0 Å². The Morgan fingerprint density at radius 3 is 2.60 bits per heavy atom. The predicted octanol–water partition coefficient (Wildman–Crippen LogP) is 3.54. The zero-order valence-electron chi connectivity index (χ0n) is 10.5. The van der Waals surface area contributed by atoms with Crippen LogP contribution in [0.2, 0.25) is 0 Å². The van der Waals surface area contributed by atoms with Gasteiger partial charge in [-0.25, -0.2) is 0 Å². The molecule has 0 aromatic rings. The number of rotatable bonds is 3. The number of ether oxygens (including phenoxy) is 1. The summed E-state index contributed by atoms with van der Waals surface area (Å²) in [6, 6.07) is 0. The second-order valence-electron chi connectivity index (χ2n) is 5.54. The highest BCUT2D eigenvalue weighted by Gasteiger charge is 2.30. The molecule has 0 saturated heterocycles. The molecule has 0 spiro atoms. The van der Waals surface area contributed by atoms with Crippen LogP contribution in [0.4, 0.5) is 0 Å². The largest absolute Gasteiger partial charge is 0.462 e. The minimum atomic E-state index is -0.319. The highest BCUT2D eigenvalue weighted by molar-refractivity contribution is 5.75. The smallest absolute Gasteiger partial charge is 0.311 e. The summed E-state index contributed by atoms with van der Waals surface area (Å²) < 4.78 is 5.58. The molecule has 2 atom stereocenters. The summed E-state index contributed by atoms with van der Waals surface area (Å²) in [6.07, 6.45) is 5.60. The molecule has 1 aliphatic rings. The SMILES string of the molecule is CCC(C)(C)C(=O)OC1CCCC(C)C1. The minimum absolute atomic E-state index is 0.0240. The molecule has 0 bridgehead atoms. The van der Waals surface area contributed by atoms with E-state index in [1.54, 1.807) is 0 Å². The molecular weight excluding hydrogens is 188 g/mol. The van der Waals surface area contributed by atoms with Crippen molar-refractivity contribution in [3.63, 3.8) is 0 Å². The van der Waals surface area contributed by atoms with Crippen molar-refractivity contribution in [1.82, 2.24) is 0 Å². The first-order chi connectivity index (χ1) is 6.95. The van der Waals surface area contributed by atoms with E-state index in [4.69, 9.17) is 4.74 Å². The molecule has 15 heavy (non-hydrogen) atoms. The molecule has 0 aliphatic heterocycles. The van der Waals surface area contributed by atoms with Gasteiger partial charge in [0, 0.05) is 0 Å². The fraction of sp³-hybridized carbons (Fsp3) is 0.923. The molecule has 0 radical (unpaired) electrons. The molecular formula is C13H24O2. The van der Waals surface area contributed by atoms with Crippen LogP contribution in [0.5, 0.6) is 0 Å². The molecule has 0 heterocycles. The molecule has 0 aromatic heterocycles. The van der Waals surface area contributed by atoms with Gasteiger partial charge in [0.15, 0.2) is 0 Å². The second kappa shape index (κ2) is 5.00. The van der Waals surface area contributed by atoms with Crippen molar-refractivity contribution >= 4 is 5.97 Å². The maximum Gasteiger partial charge on any atom is 0.311 e. The Hall–Kier alpha value is -0.530. The van der Waals surface area contributed by atoms with E-state index in [1.165, 1.54) is 12.8 Å². The van der Waals surface area contributed by atoms with E-state index >= 15 is 0 Å². The number of carbonyl (C=O) groups is 1. The van der Waals surface area contributed by atoms with Crippen molar-refractivity contribution in [2.24, 2.45) is 11.3 Å². The van der Waals surface area contributed by atoms with Crippen LogP contribution < -0.4 is 0 Å². The van der Waals surface area contributed by atoms with E-state index in [0.29, 0.717) is 5.92 Å². The lowest BCUT2D eigenvalue weighted by atomic mass is 9.87. The summed E-state index contributed by atoms with van der Waals surface area (Å²) in [5.74, 6) is 0.686. The summed E-state index contributed by atoms with van der Waals surface area (Å²) in [7, 11) is 0. The zero-order chi connectivity index (χ0) is 11.5. The molecule has 2 unspecified atom stereocenters. The van der Waals surface area contributed by atoms with Crippen molar-refractivity contribution in [2.75, 3.05) is 0 Å². The van der Waals surface area contributed by atoms with Gasteiger partial charge in [-0.05, 0) is 45.4 Å². The minimum Gasteiger partial charge on any atom is -0.462 e. The maximum absolute atomic E-state index is 11.8. The summed E-state index contributed by atoms with van der Waals surface area (Å²) in [6.45, 7) is 8.19. The van der Waals surface area contributed by atoms with Gasteiger partial charge in [-0.1, -0.05) is 20.3 Å². The average Bonchev–Trinajstić information content (AvgIpc) is 2.17. The Morgan fingerprint density at radius 2 is 2.07 bits per heavy atom. The summed E-state index contributed by atoms with van der Waals surface area (Å²) >= 11 is 0. The Balaban J connectivity index is 2.44. The molecule has 1 aliphatic carbocycles. The van der Waals surface area contributed by atoms with Crippen LogP contribution in [0, 0.1) is 11.3 Å². The quantitative estimate of drug-likeness (QED) is 0.669. The normalized spacial score (nSPS) is 27.5. The third-order valence-corrected chi connectivity index (χ3v) is 3.60. The Labute approximate surface area is 93.4 Å². The van der Waals surface area contributed by atoms with Gasteiger partial charge in [-0.2, -0.15) is 0 Å². The lowest BCUT2D eigenvalue weighted by Gasteiger charge is -2.30. The number of hydrogen-bond donors (Lipinski definition) is 0. The molecule has 1 saturated carbocycles. The molecule has 2 heteroatoms. The van der Waals surface area contributed by atoms with Crippen molar-refractivity contribution in [1.29, 1.82) is 0 Å². The predicted molar refractivity (Wildman–Crippen MR) is 61.6 cm³/mol. The Kier molecular flexibility index (Phi) is 4.18. The monoisotopic (exact) mass is 212 g/mol. The van der Waals surface area contributed by atoms with Crippen LogP contribution in [-0.4, -0.2) is 12.1 Å². The van der Waals surface area contributed by atoms with Gasteiger partial charge >= 0.3 is 5.97 Å². The van der Waals surface area contributed by atoms with Crippen LogP contribution in [0.15, 0.2) is 0 Å². The summed E-state index contributed by atoms with van der Waals surface area (Å²) in [5.41, 5.74) is -0.319. The third kappa shape index (κ3) is 3.51. The Bertz CT molecular complexity index is 221. The second-order valence-corrected chi connectivity index (χ2v) is 5.54. The van der Waals surface area contributed by atoms with Crippen LogP contribution in [0.1, 0.15) is 59.8 Å². The highest BCUT2D eigenvalue weighted by Crippen LogP contribution is 2.29. The van der Waals surface area contributed by atoms with Gasteiger partial charge in [0.2, 0.25) is 0 Å². The molecule has 2 nitrogen and oxygen atoms in total. The van der Waals surface area contributed by atoms with Crippen LogP contribution in [0.3, 0.4) is 0 Å². The Morgan fingerprint density at radius 1 is 1.40 bits per heavy atom. The van der Waals surface area contributed by atoms with Gasteiger partial charge < -0.3 is 4.74 Å². The van der Waals surface area contributed by atoms with Crippen molar-refractivity contribution < 1.29 is 9.53 Å². The van der Waals surface area contributed by atoms with Gasteiger partial charge in [0.05, 0.1) is 5.41 Å².